The van der Waals surface area contributed by atoms with E-state index in [2.05, 4.69) is 0 Å². The third-order valence-electron chi connectivity index (χ3n) is 2.22. The zero-order valence-corrected chi connectivity index (χ0v) is 9.51. The maximum atomic E-state index is 12.6. The van der Waals surface area contributed by atoms with Crippen LogP contribution in [0.3, 0.4) is 0 Å². The molecule has 1 aromatic heterocycles. The molecular weight excluding hydrogens is 235 g/mol. The maximum Gasteiger partial charge on any atom is 0.331 e. The van der Waals surface area contributed by atoms with Crippen molar-refractivity contribution in [2.45, 2.75) is 6.61 Å². The molecule has 0 radical (unpaired) electrons. The molecule has 0 atom stereocenters. The number of hydrogen-bond donors (Lipinski definition) is 0. The Morgan fingerprint density at radius 2 is 2.06 bits per heavy atom. The standard InChI is InChI=1S/C14H11FO3/c15-12-6-3-11(4-7-12)5-8-14(16)18-10-13-2-1-9-17-13/h1-9H,10H2. The van der Waals surface area contributed by atoms with Crippen molar-refractivity contribution in [3.8, 4) is 0 Å². The Morgan fingerprint density at radius 1 is 1.28 bits per heavy atom. The Hall–Kier alpha value is -2.36. The fourth-order valence-corrected chi connectivity index (χ4v) is 1.32. The molecule has 0 N–H and O–H groups in total. The van der Waals surface area contributed by atoms with Gasteiger partial charge in [-0.3, -0.25) is 0 Å². The van der Waals surface area contributed by atoms with E-state index in [4.69, 9.17) is 9.15 Å². The normalized spacial score (nSPS) is 10.7. The van der Waals surface area contributed by atoms with Crippen molar-refractivity contribution in [3.05, 3.63) is 65.9 Å². The minimum absolute atomic E-state index is 0.0968. The molecule has 0 amide bonds. The van der Waals surface area contributed by atoms with Gasteiger partial charge in [0.05, 0.1) is 6.26 Å². The molecule has 0 aliphatic carbocycles. The molecule has 0 aliphatic heterocycles. The fourth-order valence-electron chi connectivity index (χ4n) is 1.32. The van der Waals surface area contributed by atoms with Gasteiger partial charge in [0.1, 0.15) is 18.2 Å². The van der Waals surface area contributed by atoms with Gasteiger partial charge in [-0.05, 0) is 35.9 Å². The molecule has 2 aromatic rings. The summed E-state index contributed by atoms with van der Waals surface area (Å²) in [6.07, 6.45) is 4.36. The first-order chi connectivity index (χ1) is 8.74. The average Bonchev–Trinajstić information content (AvgIpc) is 2.89. The monoisotopic (exact) mass is 246 g/mol. The number of carbonyl (C=O) groups is 1. The van der Waals surface area contributed by atoms with E-state index in [0.717, 1.165) is 5.56 Å². The summed E-state index contributed by atoms with van der Waals surface area (Å²) in [5.74, 6) is -0.207. The first kappa shape index (κ1) is 12.1. The van der Waals surface area contributed by atoms with Crippen LogP contribution in [0, 0.1) is 5.82 Å². The third-order valence-corrected chi connectivity index (χ3v) is 2.22. The van der Waals surface area contributed by atoms with Crippen LogP contribution in [0.5, 0.6) is 0 Å². The first-order valence-corrected chi connectivity index (χ1v) is 5.37. The summed E-state index contributed by atoms with van der Waals surface area (Å²) in [5, 5.41) is 0. The summed E-state index contributed by atoms with van der Waals surface area (Å²) >= 11 is 0. The highest BCUT2D eigenvalue weighted by Crippen LogP contribution is 2.06. The molecule has 1 heterocycles. The molecule has 0 saturated heterocycles. The van der Waals surface area contributed by atoms with Gasteiger partial charge in [0.25, 0.3) is 0 Å². The van der Waals surface area contributed by atoms with Gasteiger partial charge in [-0.25, -0.2) is 9.18 Å². The number of carbonyl (C=O) groups excluding carboxylic acids is 1. The summed E-state index contributed by atoms with van der Waals surface area (Å²) in [6.45, 7) is 0.0968. The van der Waals surface area contributed by atoms with Crippen molar-refractivity contribution in [3.63, 3.8) is 0 Å². The predicted molar refractivity (Wildman–Crippen MR) is 63.9 cm³/mol. The van der Waals surface area contributed by atoms with Gasteiger partial charge in [0.2, 0.25) is 0 Å². The lowest BCUT2D eigenvalue weighted by atomic mass is 10.2. The fraction of sp³-hybridized carbons (Fsp3) is 0.0714. The highest BCUT2D eigenvalue weighted by molar-refractivity contribution is 5.86. The van der Waals surface area contributed by atoms with Crippen LogP contribution < -0.4 is 0 Å². The minimum atomic E-state index is -0.476. The largest absolute Gasteiger partial charge is 0.466 e. The molecule has 0 bridgehead atoms. The van der Waals surface area contributed by atoms with E-state index in [9.17, 15) is 9.18 Å². The molecule has 0 spiro atoms. The predicted octanol–water partition coefficient (Wildman–Crippen LogP) is 3.18. The van der Waals surface area contributed by atoms with Crippen molar-refractivity contribution in [1.29, 1.82) is 0 Å². The molecule has 3 nitrogen and oxygen atoms in total. The molecule has 0 saturated carbocycles. The lowest BCUT2D eigenvalue weighted by molar-refractivity contribution is -0.139. The van der Waals surface area contributed by atoms with E-state index in [0.29, 0.717) is 5.76 Å². The van der Waals surface area contributed by atoms with Crippen molar-refractivity contribution < 1.29 is 18.3 Å². The van der Waals surface area contributed by atoms with E-state index >= 15 is 0 Å². The second kappa shape index (κ2) is 5.82. The van der Waals surface area contributed by atoms with Crippen molar-refractivity contribution in [2.24, 2.45) is 0 Å². The number of hydrogen-bond acceptors (Lipinski definition) is 3. The van der Waals surface area contributed by atoms with Crippen LogP contribution in [0.15, 0.2) is 53.2 Å². The molecule has 18 heavy (non-hydrogen) atoms. The zero-order valence-electron chi connectivity index (χ0n) is 9.51. The van der Waals surface area contributed by atoms with Gasteiger partial charge < -0.3 is 9.15 Å². The summed E-state index contributed by atoms with van der Waals surface area (Å²) in [5.41, 5.74) is 0.728. The summed E-state index contributed by atoms with van der Waals surface area (Å²) in [4.78, 5) is 11.4. The SMILES string of the molecule is O=C(C=Cc1ccc(F)cc1)OCc1ccco1. The highest BCUT2D eigenvalue weighted by Gasteiger charge is 2.00. The van der Waals surface area contributed by atoms with Crippen LogP contribution in [0.4, 0.5) is 4.39 Å². The lowest BCUT2D eigenvalue weighted by Gasteiger charge is -1.98. The van der Waals surface area contributed by atoms with E-state index in [1.54, 1.807) is 30.3 Å². The molecule has 0 aliphatic rings. The number of benzene rings is 1. The Balaban J connectivity index is 1.85. The van der Waals surface area contributed by atoms with E-state index in [1.807, 2.05) is 0 Å². The minimum Gasteiger partial charge on any atom is -0.466 e. The van der Waals surface area contributed by atoms with Gasteiger partial charge in [-0.1, -0.05) is 12.1 Å². The number of furan rings is 1. The number of ether oxygens (including phenoxy) is 1. The highest BCUT2D eigenvalue weighted by atomic mass is 19.1. The number of rotatable bonds is 4. The van der Waals surface area contributed by atoms with Gasteiger partial charge in [0.15, 0.2) is 0 Å². The van der Waals surface area contributed by atoms with Crippen LogP contribution in [-0.2, 0) is 16.1 Å². The maximum absolute atomic E-state index is 12.6. The van der Waals surface area contributed by atoms with Crippen LogP contribution in [-0.4, -0.2) is 5.97 Å². The third kappa shape index (κ3) is 3.59. The molecule has 4 heteroatoms. The van der Waals surface area contributed by atoms with E-state index < -0.39 is 5.97 Å². The van der Waals surface area contributed by atoms with Crippen LogP contribution in [0.2, 0.25) is 0 Å². The summed E-state index contributed by atoms with van der Waals surface area (Å²) in [6, 6.07) is 9.24. The number of esters is 1. The number of halogens is 1. The van der Waals surface area contributed by atoms with Crippen molar-refractivity contribution >= 4 is 12.0 Å². The Morgan fingerprint density at radius 3 is 2.72 bits per heavy atom. The van der Waals surface area contributed by atoms with Crippen molar-refractivity contribution in [2.75, 3.05) is 0 Å². The average molecular weight is 246 g/mol. The second-order valence-corrected chi connectivity index (χ2v) is 3.57. The first-order valence-electron chi connectivity index (χ1n) is 5.37. The smallest absolute Gasteiger partial charge is 0.331 e. The van der Waals surface area contributed by atoms with Crippen LogP contribution in [0.1, 0.15) is 11.3 Å². The van der Waals surface area contributed by atoms with E-state index in [1.165, 1.54) is 24.5 Å². The molecule has 92 valence electrons. The molecule has 0 unspecified atom stereocenters. The molecule has 2 rings (SSSR count). The Bertz CT molecular complexity index is 527. The quantitative estimate of drug-likeness (QED) is 0.614. The Kier molecular flexibility index (Phi) is 3.91. The lowest BCUT2D eigenvalue weighted by Crippen LogP contribution is -1.99. The van der Waals surface area contributed by atoms with Gasteiger partial charge in [-0.15, -0.1) is 0 Å². The van der Waals surface area contributed by atoms with Crippen molar-refractivity contribution in [1.82, 2.24) is 0 Å². The molecule has 0 fully saturated rings. The van der Waals surface area contributed by atoms with Gasteiger partial charge in [0, 0.05) is 6.08 Å². The topological polar surface area (TPSA) is 39.4 Å². The molecular formula is C14H11FO3. The zero-order chi connectivity index (χ0) is 12.8. The van der Waals surface area contributed by atoms with Crippen LogP contribution >= 0.6 is 0 Å². The Labute approximate surface area is 103 Å². The summed E-state index contributed by atoms with van der Waals surface area (Å²) < 4.78 is 22.6. The molecule has 1 aromatic carbocycles. The van der Waals surface area contributed by atoms with E-state index in [-0.39, 0.29) is 12.4 Å². The van der Waals surface area contributed by atoms with Gasteiger partial charge in [-0.2, -0.15) is 0 Å². The van der Waals surface area contributed by atoms with Gasteiger partial charge >= 0.3 is 5.97 Å². The summed E-state index contributed by atoms with van der Waals surface area (Å²) in [7, 11) is 0. The second-order valence-electron chi connectivity index (χ2n) is 3.57. The van der Waals surface area contributed by atoms with Crippen LogP contribution in [0.25, 0.3) is 6.08 Å².